The van der Waals surface area contributed by atoms with E-state index in [9.17, 15) is 28.8 Å². The molecule has 2 heterocycles. The number of likely N-dealkylation sites (tertiary alicyclic amines) is 1. The molecular formula is C39H51Cl2N7O7. The normalized spacial score (nSPS) is 20.4. The molecular weight excluding hydrogens is 749 g/mol. The van der Waals surface area contributed by atoms with E-state index >= 15 is 0 Å². The first kappa shape index (κ1) is 41.9. The Morgan fingerprint density at radius 2 is 1.69 bits per heavy atom. The largest absolute Gasteiger partial charge is 0.487 e. The van der Waals surface area contributed by atoms with E-state index in [-0.39, 0.29) is 42.1 Å². The molecule has 298 valence electrons. The third kappa shape index (κ3) is 11.2. The van der Waals surface area contributed by atoms with E-state index in [4.69, 9.17) is 27.9 Å². The summed E-state index contributed by atoms with van der Waals surface area (Å²) in [4.78, 5) is 91.8. The molecule has 3 aliphatic rings. The summed E-state index contributed by atoms with van der Waals surface area (Å²) in [5, 5.41) is 11.9. The molecule has 5 atom stereocenters. The minimum absolute atomic E-state index is 0.0293. The van der Waals surface area contributed by atoms with Crippen LogP contribution in [0.2, 0.25) is 10.0 Å². The molecule has 4 N–H and O–H groups in total. The molecule has 0 spiro atoms. The summed E-state index contributed by atoms with van der Waals surface area (Å²) in [6, 6.07) is 0.331. The summed E-state index contributed by atoms with van der Waals surface area (Å²) >= 11 is 12.5. The van der Waals surface area contributed by atoms with Crippen LogP contribution in [0.4, 0.5) is 0 Å². The summed E-state index contributed by atoms with van der Waals surface area (Å²) < 4.78 is 6.22. The number of nitrogens with zero attached hydrogens (tertiary/aromatic N) is 3. The highest BCUT2D eigenvalue weighted by molar-refractivity contribution is 6.38. The number of ether oxygens (including phenoxy) is 1. The van der Waals surface area contributed by atoms with Crippen molar-refractivity contribution in [2.45, 2.75) is 128 Å². The van der Waals surface area contributed by atoms with Gasteiger partial charge in [-0.05, 0) is 61.6 Å². The zero-order valence-corrected chi connectivity index (χ0v) is 33.3. The number of Topliss-reactive ketones (excluding diaryl/α,β-unsaturated/α-hetero) is 1. The first-order chi connectivity index (χ1) is 26.2. The average Bonchev–Trinajstić information content (AvgIpc) is 3.87. The van der Waals surface area contributed by atoms with E-state index in [0.717, 1.165) is 32.1 Å². The van der Waals surface area contributed by atoms with Crippen LogP contribution < -0.4 is 26.0 Å². The van der Waals surface area contributed by atoms with Crippen molar-refractivity contribution < 1.29 is 33.5 Å². The molecule has 2 saturated carbocycles. The molecule has 1 saturated heterocycles. The van der Waals surface area contributed by atoms with Crippen molar-refractivity contribution in [3.8, 4) is 5.75 Å². The van der Waals surface area contributed by atoms with Gasteiger partial charge in [-0.15, -0.1) is 0 Å². The third-order valence-electron chi connectivity index (χ3n) is 10.3. The monoisotopic (exact) mass is 799 g/mol. The van der Waals surface area contributed by atoms with E-state index in [2.05, 4.69) is 31.2 Å². The number of hydrogen-bond donors (Lipinski definition) is 4. The van der Waals surface area contributed by atoms with Crippen LogP contribution in [0.3, 0.4) is 0 Å². The number of amides is 5. The smallest absolute Gasteiger partial charge is 0.289 e. The standard InChI is InChI=1S/C39H51Cl2N7O7/c1-5-9-27(32(49)37(53)44-24-13-14-24)45-35(51)29-19-25(55-30-15-12-23(40)18-26(30)41)21-48(29)38(54)33(39(2,3)4)47-36(52)31(22-10-7-6-8-11-22)46-34(50)28-20-42-16-17-43-28/h12,15-18,20,22,24-25,27,29,31,33H,5-11,13-14,19,21H2,1-4H3,(H,44,53)(H,45,51)(H,46,50)(H,47,52)/t25-,27+,29?,31+,33-/m1/s1. The highest BCUT2D eigenvalue weighted by Crippen LogP contribution is 2.33. The second-order valence-electron chi connectivity index (χ2n) is 15.8. The minimum atomic E-state index is -1.15. The van der Waals surface area contributed by atoms with Crippen molar-refractivity contribution >= 4 is 58.5 Å². The fraction of sp³-hybridized carbons (Fsp3) is 0.590. The molecule has 2 aliphatic carbocycles. The SMILES string of the molecule is CCC[C@H](NC(=O)C1C[C@@H](Oc2ccc(Cl)cc2Cl)CN1C(=O)[C@@H](NC(=O)[C@@H](NC(=O)c1cnccn1)C1CCCCC1)C(C)(C)C)C(=O)C(=O)NC1CC1. The van der Waals surface area contributed by atoms with E-state index in [1.165, 1.54) is 29.6 Å². The maximum Gasteiger partial charge on any atom is 0.289 e. The van der Waals surface area contributed by atoms with Gasteiger partial charge in [0.1, 0.15) is 35.7 Å². The van der Waals surface area contributed by atoms with Gasteiger partial charge in [-0.2, -0.15) is 0 Å². The molecule has 1 aromatic carbocycles. The summed E-state index contributed by atoms with van der Waals surface area (Å²) in [5.41, 5.74) is -0.804. The maximum atomic E-state index is 14.8. The first-order valence-corrected chi connectivity index (χ1v) is 19.9. The topological polar surface area (TPSA) is 189 Å². The van der Waals surface area contributed by atoms with Crippen molar-refractivity contribution in [1.29, 1.82) is 0 Å². The van der Waals surface area contributed by atoms with Gasteiger partial charge in [0.05, 0.1) is 23.8 Å². The van der Waals surface area contributed by atoms with E-state index in [1.807, 2.05) is 6.92 Å². The van der Waals surface area contributed by atoms with Gasteiger partial charge in [-0.25, -0.2) is 4.98 Å². The molecule has 3 fully saturated rings. The van der Waals surface area contributed by atoms with Crippen LogP contribution in [0.1, 0.15) is 102 Å². The fourth-order valence-corrected chi connectivity index (χ4v) is 7.59. The van der Waals surface area contributed by atoms with Crippen molar-refractivity contribution in [2.75, 3.05) is 6.54 Å². The van der Waals surface area contributed by atoms with Gasteiger partial charge in [0.2, 0.25) is 23.5 Å². The number of hydrogen-bond acceptors (Lipinski definition) is 9. The number of ketones is 1. The van der Waals surface area contributed by atoms with Crippen LogP contribution in [0.25, 0.3) is 0 Å². The van der Waals surface area contributed by atoms with E-state index in [1.54, 1.807) is 32.9 Å². The Kier molecular flexibility index (Phi) is 14.1. The summed E-state index contributed by atoms with van der Waals surface area (Å²) in [6.07, 6.45) is 10.0. The number of carbonyl (C=O) groups excluding carboxylic acids is 6. The predicted molar refractivity (Wildman–Crippen MR) is 205 cm³/mol. The zero-order valence-electron chi connectivity index (χ0n) is 31.7. The lowest BCUT2D eigenvalue weighted by atomic mass is 9.82. The zero-order chi connectivity index (χ0) is 39.9. The summed E-state index contributed by atoms with van der Waals surface area (Å²) in [7, 11) is 0. The number of benzene rings is 1. The van der Waals surface area contributed by atoms with Gasteiger partial charge in [0, 0.05) is 29.9 Å². The Morgan fingerprint density at radius 3 is 2.31 bits per heavy atom. The first-order valence-electron chi connectivity index (χ1n) is 19.1. The molecule has 55 heavy (non-hydrogen) atoms. The lowest BCUT2D eigenvalue weighted by Crippen LogP contribution is -2.62. The van der Waals surface area contributed by atoms with Gasteiger partial charge in [-0.1, -0.05) is 76.6 Å². The highest BCUT2D eigenvalue weighted by atomic mass is 35.5. The maximum absolute atomic E-state index is 14.8. The van der Waals surface area contributed by atoms with Crippen LogP contribution in [0.15, 0.2) is 36.8 Å². The third-order valence-corrected chi connectivity index (χ3v) is 10.8. The van der Waals surface area contributed by atoms with Crippen LogP contribution in [0, 0.1) is 11.3 Å². The van der Waals surface area contributed by atoms with Gasteiger partial charge in [0.25, 0.3) is 11.8 Å². The second-order valence-corrected chi connectivity index (χ2v) is 16.6. The number of aromatic nitrogens is 2. The van der Waals surface area contributed by atoms with Crippen LogP contribution in [-0.2, 0) is 24.0 Å². The molecule has 1 aromatic heterocycles. The molecule has 1 unspecified atom stereocenters. The Balaban J connectivity index is 1.41. The van der Waals surface area contributed by atoms with Crippen LogP contribution in [0.5, 0.6) is 5.75 Å². The number of halogens is 2. The molecule has 5 rings (SSSR count). The molecule has 14 nitrogen and oxygen atoms in total. The molecule has 0 radical (unpaired) electrons. The quantitative estimate of drug-likeness (QED) is 0.192. The van der Waals surface area contributed by atoms with Crippen molar-refractivity contribution in [1.82, 2.24) is 36.1 Å². The molecule has 5 amide bonds. The Morgan fingerprint density at radius 1 is 0.964 bits per heavy atom. The average molecular weight is 801 g/mol. The lowest BCUT2D eigenvalue weighted by Gasteiger charge is -2.37. The molecule has 1 aliphatic heterocycles. The van der Waals surface area contributed by atoms with Gasteiger partial charge < -0.3 is 30.9 Å². The fourth-order valence-electron chi connectivity index (χ4n) is 7.14. The number of nitrogens with one attached hydrogen (secondary N) is 4. The van der Waals surface area contributed by atoms with Crippen molar-refractivity contribution in [3.05, 3.63) is 52.5 Å². The van der Waals surface area contributed by atoms with Crippen molar-refractivity contribution in [3.63, 3.8) is 0 Å². The molecule has 2 aromatic rings. The Hall–Kier alpha value is -4.30. The van der Waals surface area contributed by atoms with Crippen LogP contribution in [-0.4, -0.2) is 93.0 Å². The Bertz CT molecular complexity index is 1730. The van der Waals surface area contributed by atoms with E-state index < -0.39 is 71.0 Å². The van der Waals surface area contributed by atoms with Gasteiger partial charge in [-0.3, -0.25) is 33.8 Å². The van der Waals surface area contributed by atoms with Crippen LogP contribution >= 0.6 is 23.2 Å². The summed E-state index contributed by atoms with van der Waals surface area (Å²) in [6.45, 7) is 7.17. The molecule has 16 heteroatoms. The van der Waals surface area contributed by atoms with Gasteiger partial charge in [0.15, 0.2) is 0 Å². The van der Waals surface area contributed by atoms with E-state index in [0.29, 0.717) is 30.0 Å². The minimum Gasteiger partial charge on any atom is -0.487 e. The summed E-state index contributed by atoms with van der Waals surface area (Å²) in [5.74, 6) is -3.67. The second kappa shape index (κ2) is 18.6. The Labute approximate surface area is 331 Å². The lowest BCUT2D eigenvalue weighted by molar-refractivity contribution is -0.145. The highest BCUT2D eigenvalue weighted by Gasteiger charge is 2.47. The van der Waals surface area contributed by atoms with Crippen molar-refractivity contribution in [2.24, 2.45) is 11.3 Å². The molecule has 0 bridgehead atoms. The predicted octanol–water partition coefficient (Wildman–Crippen LogP) is 4.17. The van der Waals surface area contributed by atoms with Gasteiger partial charge >= 0.3 is 0 Å². The number of carbonyl (C=O) groups is 6. The number of rotatable bonds is 15.